The molecule has 0 aromatic heterocycles. The minimum Gasteiger partial charge on any atom is -0.394 e. The number of aliphatic hydroxyl groups excluding tert-OH is 1. The van der Waals surface area contributed by atoms with Crippen LogP contribution in [0.1, 0.15) is 38.7 Å². The lowest BCUT2D eigenvalue weighted by atomic mass is 9.89. The highest BCUT2D eigenvalue weighted by atomic mass is 16.5. The summed E-state index contributed by atoms with van der Waals surface area (Å²) < 4.78 is 5.71. The first-order chi connectivity index (χ1) is 8.62. The molecule has 1 aromatic rings. The molecule has 0 fully saturated rings. The Hall–Kier alpha value is -1.19. The van der Waals surface area contributed by atoms with Crippen LogP contribution in [-0.4, -0.2) is 24.1 Å². The van der Waals surface area contributed by atoms with E-state index in [1.807, 2.05) is 44.2 Å². The number of ether oxygens (including phenoxy) is 1. The van der Waals surface area contributed by atoms with Gasteiger partial charge in [0.1, 0.15) is 5.78 Å². The zero-order chi connectivity index (χ0) is 13.4. The summed E-state index contributed by atoms with van der Waals surface area (Å²) in [4.78, 5) is 11.9. The van der Waals surface area contributed by atoms with Gasteiger partial charge < -0.3 is 9.84 Å². The summed E-state index contributed by atoms with van der Waals surface area (Å²) in [7, 11) is 0. The second-order valence-corrected chi connectivity index (χ2v) is 4.63. The van der Waals surface area contributed by atoms with Gasteiger partial charge in [-0.25, -0.2) is 0 Å². The highest BCUT2D eigenvalue weighted by molar-refractivity contribution is 5.79. The van der Waals surface area contributed by atoms with E-state index >= 15 is 0 Å². The minimum absolute atomic E-state index is 0.0373. The van der Waals surface area contributed by atoms with E-state index in [1.165, 1.54) is 0 Å². The molecule has 0 aliphatic carbocycles. The standard InChI is InChI=1S/C15H22O3/c1-3-7-14(17)12-15(2,18-11-10-16)13-8-5-4-6-9-13/h4-6,8-9,16H,3,7,10-12H2,1-2H3. The van der Waals surface area contributed by atoms with Crippen LogP contribution in [0.5, 0.6) is 0 Å². The Morgan fingerprint density at radius 2 is 2.00 bits per heavy atom. The molecule has 1 unspecified atom stereocenters. The zero-order valence-corrected chi connectivity index (χ0v) is 11.2. The summed E-state index contributed by atoms with van der Waals surface area (Å²) in [5.41, 5.74) is 0.332. The second kappa shape index (κ2) is 7.29. The maximum atomic E-state index is 11.9. The molecule has 0 heterocycles. The van der Waals surface area contributed by atoms with E-state index in [9.17, 15) is 4.79 Å². The third-order valence-electron chi connectivity index (χ3n) is 2.96. The first-order valence-electron chi connectivity index (χ1n) is 6.44. The van der Waals surface area contributed by atoms with E-state index in [-0.39, 0.29) is 19.0 Å². The normalized spacial score (nSPS) is 14.2. The van der Waals surface area contributed by atoms with Crippen molar-refractivity contribution in [1.29, 1.82) is 0 Å². The van der Waals surface area contributed by atoms with Gasteiger partial charge in [0.25, 0.3) is 0 Å². The zero-order valence-electron chi connectivity index (χ0n) is 11.2. The van der Waals surface area contributed by atoms with Gasteiger partial charge in [-0.3, -0.25) is 4.79 Å². The highest BCUT2D eigenvalue weighted by Gasteiger charge is 2.29. The van der Waals surface area contributed by atoms with Gasteiger partial charge in [-0.05, 0) is 18.9 Å². The number of aliphatic hydroxyl groups is 1. The number of rotatable bonds is 8. The van der Waals surface area contributed by atoms with Crippen LogP contribution in [0.3, 0.4) is 0 Å². The lowest BCUT2D eigenvalue weighted by Gasteiger charge is -2.29. The molecule has 0 spiro atoms. The number of carbonyl (C=O) groups excluding carboxylic acids is 1. The lowest BCUT2D eigenvalue weighted by Crippen LogP contribution is -2.30. The van der Waals surface area contributed by atoms with Crippen LogP contribution >= 0.6 is 0 Å². The van der Waals surface area contributed by atoms with Crippen LogP contribution in [0.4, 0.5) is 0 Å². The van der Waals surface area contributed by atoms with Gasteiger partial charge in [-0.2, -0.15) is 0 Å². The molecule has 0 saturated carbocycles. The monoisotopic (exact) mass is 250 g/mol. The van der Waals surface area contributed by atoms with Crippen LogP contribution in [0.2, 0.25) is 0 Å². The van der Waals surface area contributed by atoms with Crippen molar-refractivity contribution in [3.05, 3.63) is 35.9 Å². The van der Waals surface area contributed by atoms with Crippen molar-refractivity contribution in [2.24, 2.45) is 0 Å². The first-order valence-corrected chi connectivity index (χ1v) is 6.44. The fraction of sp³-hybridized carbons (Fsp3) is 0.533. The van der Waals surface area contributed by atoms with E-state index in [0.717, 1.165) is 12.0 Å². The third kappa shape index (κ3) is 4.24. The molecule has 1 rings (SSSR count). The van der Waals surface area contributed by atoms with E-state index in [0.29, 0.717) is 12.8 Å². The molecule has 0 saturated heterocycles. The van der Waals surface area contributed by atoms with Crippen LogP contribution in [-0.2, 0) is 15.1 Å². The number of Topliss-reactive ketones (excluding diaryl/α,β-unsaturated/α-hetero) is 1. The van der Waals surface area contributed by atoms with Gasteiger partial charge in [0, 0.05) is 12.8 Å². The summed E-state index contributed by atoms with van der Waals surface area (Å²) >= 11 is 0. The number of hydrogen-bond donors (Lipinski definition) is 1. The first kappa shape index (κ1) is 14.9. The van der Waals surface area contributed by atoms with Crippen molar-refractivity contribution in [2.45, 2.75) is 38.7 Å². The van der Waals surface area contributed by atoms with Crippen molar-refractivity contribution >= 4 is 5.78 Å². The van der Waals surface area contributed by atoms with E-state index < -0.39 is 5.60 Å². The lowest BCUT2D eigenvalue weighted by molar-refractivity contribution is -0.128. The Morgan fingerprint density at radius 3 is 2.56 bits per heavy atom. The SMILES string of the molecule is CCCC(=O)CC(C)(OCCO)c1ccccc1. The molecule has 1 N–H and O–H groups in total. The Kier molecular flexibility index (Phi) is 6.02. The summed E-state index contributed by atoms with van der Waals surface area (Å²) in [6.07, 6.45) is 1.78. The predicted molar refractivity (Wildman–Crippen MR) is 71.4 cm³/mol. The largest absolute Gasteiger partial charge is 0.394 e. The smallest absolute Gasteiger partial charge is 0.136 e. The van der Waals surface area contributed by atoms with E-state index in [2.05, 4.69) is 0 Å². The molecule has 1 aromatic carbocycles. The fourth-order valence-corrected chi connectivity index (χ4v) is 2.04. The number of ketones is 1. The van der Waals surface area contributed by atoms with Gasteiger partial charge in [0.15, 0.2) is 0 Å². The number of benzene rings is 1. The average Bonchev–Trinajstić information content (AvgIpc) is 2.38. The molecule has 0 amide bonds. The molecular weight excluding hydrogens is 228 g/mol. The maximum Gasteiger partial charge on any atom is 0.136 e. The molecule has 100 valence electrons. The van der Waals surface area contributed by atoms with Crippen molar-refractivity contribution < 1.29 is 14.6 Å². The van der Waals surface area contributed by atoms with Crippen LogP contribution in [0.15, 0.2) is 30.3 Å². The molecule has 0 aliphatic heterocycles. The van der Waals surface area contributed by atoms with Crippen LogP contribution < -0.4 is 0 Å². The van der Waals surface area contributed by atoms with Crippen molar-refractivity contribution in [3.8, 4) is 0 Å². The summed E-state index contributed by atoms with van der Waals surface area (Å²) in [5.74, 6) is 0.196. The summed E-state index contributed by atoms with van der Waals surface area (Å²) in [5, 5.41) is 8.90. The average molecular weight is 250 g/mol. The summed E-state index contributed by atoms with van der Waals surface area (Å²) in [6.45, 7) is 4.10. The molecular formula is C15H22O3. The maximum absolute atomic E-state index is 11.9. The molecule has 3 heteroatoms. The van der Waals surface area contributed by atoms with E-state index in [4.69, 9.17) is 9.84 Å². The van der Waals surface area contributed by atoms with Gasteiger partial charge in [-0.1, -0.05) is 37.3 Å². The Morgan fingerprint density at radius 1 is 1.33 bits per heavy atom. The number of hydrogen-bond acceptors (Lipinski definition) is 3. The van der Waals surface area contributed by atoms with Gasteiger partial charge in [-0.15, -0.1) is 0 Å². The summed E-state index contributed by atoms with van der Waals surface area (Å²) in [6, 6.07) is 9.71. The molecule has 1 atom stereocenters. The Labute approximate surface area is 109 Å². The Bertz CT molecular complexity index is 361. The highest BCUT2D eigenvalue weighted by Crippen LogP contribution is 2.29. The fourth-order valence-electron chi connectivity index (χ4n) is 2.04. The topological polar surface area (TPSA) is 46.5 Å². The Balaban J connectivity index is 2.84. The van der Waals surface area contributed by atoms with Crippen molar-refractivity contribution in [1.82, 2.24) is 0 Å². The molecule has 3 nitrogen and oxygen atoms in total. The number of carbonyl (C=O) groups is 1. The van der Waals surface area contributed by atoms with Crippen molar-refractivity contribution in [2.75, 3.05) is 13.2 Å². The molecule has 18 heavy (non-hydrogen) atoms. The van der Waals surface area contributed by atoms with Crippen LogP contribution in [0.25, 0.3) is 0 Å². The minimum atomic E-state index is -0.643. The molecule has 0 radical (unpaired) electrons. The second-order valence-electron chi connectivity index (χ2n) is 4.63. The van der Waals surface area contributed by atoms with Gasteiger partial charge >= 0.3 is 0 Å². The predicted octanol–water partition coefficient (Wildman–Crippen LogP) is 2.67. The van der Waals surface area contributed by atoms with Crippen LogP contribution in [0, 0.1) is 0 Å². The van der Waals surface area contributed by atoms with Gasteiger partial charge in [0.2, 0.25) is 0 Å². The molecule has 0 bridgehead atoms. The van der Waals surface area contributed by atoms with E-state index in [1.54, 1.807) is 0 Å². The third-order valence-corrected chi connectivity index (χ3v) is 2.96. The quantitative estimate of drug-likeness (QED) is 0.771. The van der Waals surface area contributed by atoms with Gasteiger partial charge in [0.05, 0.1) is 18.8 Å². The van der Waals surface area contributed by atoms with Crippen molar-refractivity contribution in [3.63, 3.8) is 0 Å². The molecule has 0 aliphatic rings.